The quantitative estimate of drug-likeness (QED) is 0.824. The van der Waals surface area contributed by atoms with Gasteiger partial charge < -0.3 is 9.64 Å². The predicted molar refractivity (Wildman–Crippen MR) is 66.2 cm³/mol. The maximum atomic E-state index is 12.4. The molecule has 1 aromatic carbocycles. The van der Waals surface area contributed by atoms with Crippen molar-refractivity contribution >= 4 is 33.4 Å². The summed E-state index contributed by atoms with van der Waals surface area (Å²) in [5, 5.41) is 2.07. The summed E-state index contributed by atoms with van der Waals surface area (Å²) < 4.78 is 41.4. The standard InChI is InChI=1S/C11H8BrF3N2O3/c12-6-1-2-7(8(3-6)20-11(13,14)15)17-4-9(18)16-10(19)5-17/h1-3H,4-5H2,(H,16,18,19). The lowest BCUT2D eigenvalue weighted by atomic mass is 10.2. The molecule has 0 atom stereocenters. The highest BCUT2D eigenvalue weighted by Gasteiger charge is 2.34. The van der Waals surface area contributed by atoms with Gasteiger partial charge in [-0.1, -0.05) is 15.9 Å². The summed E-state index contributed by atoms with van der Waals surface area (Å²) in [5.74, 6) is -1.64. The largest absolute Gasteiger partial charge is 0.573 e. The minimum Gasteiger partial charge on any atom is -0.404 e. The SMILES string of the molecule is O=C1CN(c2ccc(Br)cc2OC(F)(F)F)CC(=O)N1. The Morgan fingerprint density at radius 2 is 1.80 bits per heavy atom. The summed E-state index contributed by atoms with van der Waals surface area (Å²) in [6.45, 7) is -0.441. The second-order valence-corrected chi connectivity index (χ2v) is 4.90. The lowest BCUT2D eigenvalue weighted by Gasteiger charge is -2.29. The molecule has 0 bridgehead atoms. The molecule has 2 rings (SSSR count). The van der Waals surface area contributed by atoms with Crippen LogP contribution in [0.2, 0.25) is 0 Å². The maximum absolute atomic E-state index is 12.4. The van der Waals surface area contributed by atoms with Gasteiger partial charge in [-0.2, -0.15) is 0 Å². The second-order valence-electron chi connectivity index (χ2n) is 3.99. The smallest absolute Gasteiger partial charge is 0.404 e. The third kappa shape index (κ3) is 3.62. The van der Waals surface area contributed by atoms with E-state index in [9.17, 15) is 22.8 Å². The van der Waals surface area contributed by atoms with Crippen molar-refractivity contribution in [1.82, 2.24) is 5.32 Å². The summed E-state index contributed by atoms with van der Waals surface area (Å²) >= 11 is 3.04. The van der Waals surface area contributed by atoms with Gasteiger partial charge in [0.1, 0.15) is 0 Å². The third-order valence-corrected chi connectivity index (χ3v) is 2.93. The van der Waals surface area contributed by atoms with Crippen molar-refractivity contribution < 1.29 is 27.5 Å². The Balaban J connectivity index is 2.35. The van der Waals surface area contributed by atoms with E-state index in [-0.39, 0.29) is 18.8 Å². The van der Waals surface area contributed by atoms with Crippen LogP contribution in [0.1, 0.15) is 0 Å². The minimum absolute atomic E-state index is 0.0220. The van der Waals surface area contributed by atoms with E-state index >= 15 is 0 Å². The normalized spacial score (nSPS) is 16.1. The summed E-state index contributed by atoms with van der Waals surface area (Å²) in [5.41, 5.74) is 0.0220. The van der Waals surface area contributed by atoms with Gasteiger partial charge in [0.05, 0.1) is 18.8 Å². The van der Waals surface area contributed by atoms with Gasteiger partial charge in [0, 0.05) is 4.47 Å². The Morgan fingerprint density at radius 3 is 2.35 bits per heavy atom. The molecule has 20 heavy (non-hydrogen) atoms. The van der Waals surface area contributed by atoms with E-state index in [4.69, 9.17) is 0 Å². The molecule has 1 aliphatic heterocycles. The lowest BCUT2D eigenvalue weighted by molar-refractivity contribution is -0.274. The number of nitrogens with zero attached hydrogens (tertiary/aromatic N) is 1. The van der Waals surface area contributed by atoms with Gasteiger partial charge in [0.15, 0.2) is 5.75 Å². The zero-order valence-electron chi connectivity index (χ0n) is 9.83. The Labute approximate surface area is 119 Å². The molecular formula is C11H8BrF3N2O3. The number of imide groups is 1. The molecule has 5 nitrogen and oxygen atoms in total. The van der Waals surface area contributed by atoms with E-state index in [0.717, 1.165) is 6.07 Å². The van der Waals surface area contributed by atoms with Gasteiger partial charge in [-0.05, 0) is 18.2 Å². The zero-order chi connectivity index (χ0) is 14.9. The summed E-state index contributed by atoms with van der Waals surface area (Å²) in [7, 11) is 0. The number of hydrogen-bond donors (Lipinski definition) is 1. The molecule has 108 valence electrons. The number of benzene rings is 1. The number of alkyl halides is 3. The molecule has 0 saturated carbocycles. The number of piperazine rings is 1. The maximum Gasteiger partial charge on any atom is 0.573 e. The van der Waals surface area contributed by atoms with Crippen LogP contribution < -0.4 is 15.0 Å². The number of anilines is 1. The van der Waals surface area contributed by atoms with Crippen LogP contribution in [0.3, 0.4) is 0 Å². The van der Waals surface area contributed by atoms with Crippen LogP contribution in [0.4, 0.5) is 18.9 Å². The molecule has 0 spiro atoms. The topological polar surface area (TPSA) is 58.6 Å². The molecular weight excluding hydrogens is 345 g/mol. The number of hydrogen-bond acceptors (Lipinski definition) is 4. The van der Waals surface area contributed by atoms with E-state index in [0.29, 0.717) is 4.47 Å². The molecule has 1 aliphatic rings. The molecule has 9 heteroatoms. The van der Waals surface area contributed by atoms with Crippen LogP contribution in [0.15, 0.2) is 22.7 Å². The van der Waals surface area contributed by atoms with E-state index in [1.54, 1.807) is 0 Å². The number of nitrogens with one attached hydrogen (secondary N) is 1. The molecule has 1 aromatic rings. The highest BCUT2D eigenvalue weighted by atomic mass is 79.9. The lowest BCUT2D eigenvalue weighted by Crippen LogP contribution is -2.51. The second kappa shape index (κ2) is 5.31. The molecule has 0 radical (unpaired) electrons. The van der Waals surface area contributed by atoms with Crippen LogP contribution in [0, 0.1) is 0 Å². The van der Waals surface area contributed by atoms with E-state index in [2.05, 4.69) is 26.0 Å². The summed E-state index contributed by atoms with van der Waals surface area (Å²) in [6, 6.07) is 3.96. The van der Waals surface area contributed by atoms with Crippen molar-refractivity contribution in [1.29, 1.82) is 0 Å². The Kier molecular flexibility index (Phi) is 3.89. The van der Waals surface area contributed by atoms with Gasteiger partial charge in [-0.25, -0.2) is 0 Å². The molecule has 1 heterocycles. The Hall–Kier alpha value is -1.77. The number of carbonyl (C=O) groups excluding carboxylic acids is 2. The first-order chi connectivity index (χ1) is 9.24. The number of amides is 2. The van der Waals surface area contributed by atoms with Gasteiger partial charge >= 0.3 is 6.36 Å². The Bertz CT molecular complexity index is 546. The van der Waals surface area contributed by atoms with Gasteiger partial charge in [0.2, 0.25) is 11.8 Å². The van der Waals surface area contributed by atoms with Crippen LogP contribution in [-0.2, 0) is 9.59 Å². The fourth-order valence-electron chi connectivity index (χ4n) is 1.76. The van der Waals surface area contributed by atoms with E-state index < -0.39 is 23.9 Å². The van der Waals surface area contributed by atoms with E-state index in [1.165, 1.54) is 17.0 Å². The average molecular weight is 353 g/mol. The monoisotopic (exact) mass is 352 g/mol. The van der Waals surface area contributed by atoms with Crippen molar-refractivity contribution in [3.8, 4) is 5.75 Å². The molecule has 2 amide bonds. The number of ether oxygens (including phenoxy) is 1. The average Bonchev–Trinajstić information content (AvgIpc) is 2.25. The minimum atomic E-state index is -4.86. The molecule has 1 N–H and O–H groups in total. The van der Waals surface area contributed by atoms with Crippen LogP contribution in [0.5, 0.6) is 5.75 Å². The van der Waals surface area contributed by atoms with Crippen molar-refractivity contribution in [2.75, 3.05) is 18.0 Å². The predicted octanol–water partition coefficient (Wildman–Crippen LogP) is 1.81. The third-order valence-electron chi connectivity index (χ3n) is 2.44. The molecule has 1 saturated heterocycles. The first-order valence-electron chi connectivity index (χ1n) is 5.37. The molecule has 1 fully saturated rings. The first-order valence-corrected chi connectivity index (χ1v) is 6.17. The highest BCUT2D eigenvalue weighted by Crippen LogP contribution is 2.35. The molecule has 0 aromatic heterocycles. The van der Waals surface area contributed by atoms with Gasteiger partial charge in [-0.3, -0.25) is 14.9 Å². The highest BCUT2D eigenvalue weighted by molar-refractivity contribution is 9.10. The summed E-state index contributed by atoms with van der Waals surface area (Å²) in [4.78, 5) is 23.8. The molecule has 0 aliphatic carbocycles. The van der Waals surface area contributed by atoms with Gasteiger partial charge in [0.25, 0.3) is 0 Å². The number of halogens is 4. The van der Waals surface area contributed by atoms with Gasteiger partial charge in [-0.15, -0.1) is 13.2 Å². The zero-order valence-corrected chi connectivity index (χ0v) is 11.4. The van der Waals surface area contributed by atoms with Crippen molar-refractivity contribution in [3.05, 3.63) is 22.7 Å². The number of carbonyl (C=O) groups is 2. The fraction of sp³-hybridized carbons (Fsp3) is 0.273. The van der Waals surface area contributed by atoms with Crippen molar-refractivity contribution in [3.63, 3.8) is 0 Å². The Morgan fingerprint density at radius 1 is 1.20 bits per heavy atom. The van der Waals surface area contributed by atoms with Crippen molar-refractivity contribution in [2.24, 2.45) is 0 Å². The van der Waals surface area contributed by atoms with E-state index in [1.807, 2.05) is 0 Å². The summed E-state index contributed by atoms with van der Waals surface area (Å²) in [6.07, 6.45) is -4.86. The fourth-order valence-corrected chi connectivity index (χ4v) is 2.10. The number of rotatable bonds is 2. The van der Waals surface area contributed by atoms with Crippen LogP contribution >= 0.6 is 15.9 Å². The van der Waals surface area contributed by atoms with Crippen LogP contribution in [-0.4, -0.2) is 31.3 Å². The first kappa shape index (κ1) is 14.6. The molecule has 0 unspecified atom stereocenters. The van der Waals surface area contributed by atoms with Crippen molar-refractivity contribution in [2.45, 2.75) is 6.36 Å². The van der Waals surface area contributed by atoms with Crippen LogP contribution in [0.25, 0.3) is 0 Å².